The summed E-state index contributed by atoms with van der Waals surface area (Å²) >= 11 is 0. The molecular weight excluding hydrogens is 739 g/mol. The molecular formula is C58H39N3. The van der Waals surface area contributed by atoms with Crippen LogP contribution in [0.1, 0.15) is 24.0 Å². The van der Waals surface area contributed by atoms with Crippen molar-refractivity contribution in [2.24, 2.45) is 0 Å². The van der Waals surface area contributed by atoms with Crippen molar-refractivity contribution in [3.8, 4) is 39.2 Å². The predicted octanol–water partition coefficient (Wildman–Crippen LogP) is 15.3. The van der Waals surface area contributed by atoms with E-state index >= 15 is 0 Å². The Bertz CT molecular complexity index is 3550. The van der Waals surface area contributed by atoms with Crippen LogP contribution in [0.5, 0.6) is 0 Å². The molecule has 0 saturated carbocycles. The molecule has 1 aliphatic carbocycles. The molecule has 0 bridgehead atoms. The van der Waals surface area contributed by atoms with Crippen molar-refractivity contribution in [3.63, 3.8) is 0 Å². The summed E-state index contributed by atoms with van der Waals surface area (Å²) < 4.78 is 2.37. The van der Waals surface area contributed by atoms with Gasteiger partial charge in [-0.2, -0.15) is 0 Å². The summed E-state index contributed by atoms with van der Waals surface area (Å²) in [5.41, 5.74) is 17.5. The number of hydrogen-bond acceptors (Lipinski definition) is 2. The molecule has 1 aliphatic rings. The molecule has 2 heterocycles. The van der Waals surface area contributed by atoms with Crippen LogP contribution in [0, 0.1) is 0 Å². The molecule has 0 saturated heterocycles. The number of allylic oxidation sites excluding steroid dienone is 4. The first-order chi connectivity index (χ1) is 30.2. The van der Waals surface area contributed by atoms with E-state index in [9.17, 15) is 0 Å². The van der Waals surface area contributed by atoms with Crippen LogP contribution in [0.3, 0.4) is 0 Å². The van der Waals surface area contributed by atoms with Crippen LogP contribution >= 0.6 is 0 Å². The number of hydrogen-bond donors (Lipinski definition) is 0. The molecule has 12 rings (SSSR count). The lowest BCUT2D eigenvalue weighted by Crippen LogP contribution is -1.95. The van der Waals surface area contributed by atoms with E-state index in [1.165, 1.54) is 77.2 Å². The number of para-hydroxylation sites is 2. The van der Waals surface area contributed by atoms with Gasteiger partial charge in [-0.3, -0.25) is 4.98 Å². The maximum absolute atomic E-state index is 5.26. The van der Waals surface area contributed by atoms with E-state index in [1.54, 1.807) is 0 Å². The van der Waals surface area contributed by atoms with Crippen LogP contribution in [-0.4, -0.2) is 14.5 Å². The average Bonchev–Trinajstić information content (AvgIpc) is 3.68. The Morgan fingerprint density at radius 1 is 0.344 bits per heavy atom. The van der Waals surface area contributed by atoms with Gasteiger partial charge in [-0.15, -0.1) is 0 Å². The van der Waals surface area contributed by atoms with Gasteiger partial charge in [0.1, 0.15) is 0 Å². The van der Waals surface area contributed by atoms with Gasteiger partial charge in [0, 0.05) is 32.8 Å². The van der Waals surface area contributed by atoms with E-state index in [-0.39, 0.29) is 0 Å². The van der Waals surface area contributed by atoms with Crippen molar-refractivity contribution in [3.05, 3.63) is 224 Å². The molecule has 0 N–H and O–H groups in total. The first-order valence-corrected chi connectivity index (χ1v) is 21.1. The zero-order chi connectivity index (χ0) is 40.3. The maximum atomic E-state index is 5.26. The summed E-state index contributed by atoms with van der Waals surface area (Å²) in [7, 11) is 0. The van der Waals surface area contributed by atoms with Crippen LogP contribution in [0.15, 0.2) is 212 Å². The van der Waals surface area contributed by atoms with Crippen LogP contribution in [0.2, 0.25) is 0 Å². The molecule has 11 aromatic rings. The van der Waals surface area contributed by atoms with Gasteiger partial charge in [0.05, 0.1) is 34.0 Å². The van der Waals surface area contributed by atoms with E-state index in [1.807, 2.05) is 6.20 Å². The molecule has 2 aromatic heterocycles. The van der Waals surface area contributed by atoms with Crippen molar-refractivity contribution in [1.82, 2.24) is 14.5 Å². The third-order valence-corrected chi connectivity index (χ3v) is 12.6. The number of rotatable bonds is 6. The smallest absolute Gasteiger partial charge is 0.0979 e. The number of nitrogens with zero attached hydrogens (tertiary/aromatic N) is 3. The predicted molar refractivity (Wildman–Crippen MR) is 257 cm³/mol. The lowest BCUT2D eigenvalue weighted by Gasteiger charge is -2.17. The highest BCUT2D eigenvalue weighted by atomic mass is 15.0. The van der Waals surface area contributed by atoms with Crippen molar-refractivity contribution in [2.45, 2.75) is 12.8 Å². The van der Waals surface area contributed by atoms with E-state index in [4.69, 9.17) is 9.97 Å². The van der Waals surface area contributed by atoms with Crippen molar-refractivity contribution < 1.29 is 0 Å². The fourth-order valence-electron chi connectivity index (χ4n) is 9.54. The summed E-state index contributed by atoms with van der Waals surface area (Å²) in [6.45, 7) is 0. The van der Waals surface area contributed by atoms with E-state index in [0.29, 0.717) is 0 Å². The molecule has 3 heteroatoms. The summed E-state index contributed by atoms with van der Waals surface area (Å²) in [4.78, 5) is 10.3. The first kappa shape index (κ1) is 35.1. The monoisotopic (exact) mass is 777 g/mol. The molecule has 3 nitrogen and oxygen atoms in total. The normalized spacial score (nSPS) is 13.0. The number of aromatic nitrogens is 3. The Balaban J connectivity index is 0.836. The van der Waals surface area contributed by atoms with Gasteiger partial charge >= 0.3 is 0 Å². The van der Waals surface area contributed by atoms with E-state index < -0.39 is 0 Å². The lowest BCUT2D eigenvalue weighted by molar-refractivity contribution is 1.07. The van der Waals surface area contributed by atoms with Crippen LogP contribution in [0.25, 0.3) is 105 Å². The molecule has 0 atom stereocenters. The second-order valence-corrected chi connectivity index (χ2v) is 16.1. The number of benzene rings is 9. The largest absolute Gasteiger partial charge is 0.309 e. The van der Waals surface area contributed by atoms with Gasteiger partial charge in [-0.1, -0.05) is 158 Å². The zero-order valence-corrected chi connectivity index (χ0v) is 33.5. The maximum Gasteiger partial charge on any atom is 0.0979 e. The second-order valence-electron chi connectivity index (χ2n) is 16.1. The quantitative estimate of drug-likeness (QED) is 0.157. The molecule has 0 radical (unpaired) electrons. The van der Waals surface area contributed by atoms with E-state index in [0.717, 1.165) is 51.5 Å². The minimum atomic E-state index is 0.874. The Morgan fingerprint density at radius 3 is 1.48 bits per heavy atom. The summed E-state index contributed by atoms with van der Waals surface area (Å²) in [6.07, 6.45) is 8.55. The molecule has 9 aromatic carbocycles. The highest BCUT2D eigenvalue weighted by molar-refractivity contribution is 6.23. The minimum absolute atomic E-state index is 0.874. The molecule has 0 unspecified atom stereocenters. The Morgan fingerprint density at radius 2 is 0.836 bits per heavy atom. The minimum Gasteiger partial charge on any atom is -0.309 e. The summed E-state index contributed by atoms with van der Waals surface area (Å²) in [5.74, 6) is 0. The molecule has 0 amide bonds. The van der Waals surface area contributed by atoms with Crippen LogP contribution < -0.4 is 0 Å². The SMILES string of the molecule is C1=C(c2cccc(-c3cccc(-c4cnc5c6ccccc6c6ccccc6c5n4)c3)c2)CCC(c2cccc(-c3ccc4c(c3)c3ccccc3n4-c3ccccc3)c2)=C1. The zero-order valence-electron chi connectivity index (χ0n) is 33.5. The third kappa shape index (κ3) is 6.05. The van der Waals surface area contributed by atoms with E-state index in [2.05, 4.69) is 211 Å². The van der Waals surface area contributed by atoms with Crippen molar-refractivity contribution >= 4 is 65.5 Å². The number of fused-ring (bicyclic) bond motifs is 9. The highest BCUT2D eigenvalue weighted by Gasteiger charge is 2.16. The van der Waals surface area contributed by atoms with Crippen LogP contribution in [0.4, 0.5) is 0 Å². The Hall–Kier alpha value is -7.88. The first-order valence-electron chi connectivity index (χ1n) is 21.1. The molecule has 0 spiro atoms. The molecule has 61 heavy (non-hydrogen) atoms. The third-order valence-electron chi connectivity index (χ3n) is 12.6. The molecule has 0 fully saturated rings. The molecule has 0 aliphatic heterocycles. The lowest BCUT2D eigenvalue weighted by atomic mass is 9.88. The second kappa shape index (κ2) is 14.4. The van der Waals surface area contributed by atoms with Gasteiger partial charge < -0.3 is 4.57 Å². The molecule has 286 valence electrons. The standard InChI is InChI=1S/C58H39N3/c1-2-19-47(20-3-1)61-55-26-9-8-23-50(55)53-36-45(31-32-56(53)61)43-16-11-14-41(34-43)39-29-27-38(28-30-39)40-13-10-15-42(33-40)44-17-12-18-46(35-44)54-37-59-57-51-24-6-4-21-48(51)49-22-5-7-25-52(49)58(57)60-54/h1-27,29,31-37H,28,30H2. The van der Waals surface area contributed by atoms with Gasteiger partial charge in [0.15, 0.2) is 0 Å². The highest BCUT2D eigenvalue weighted by Crippen LogP contribution is 2.39. The van der Waals surface area contributed by atoms with Gasteiger partial charge in [0.25, 0.3) is 0 Å². The Kier molecular flexibility index (Phi) is 8.31. The van der Waals surface area contributed by atoms with Gasteiger partial charge in [0.2, 0.25) is 0 Å². The fourth-order valence-corrected chi connectivity index (χ4v) is 9.54. The van der Waals surface area contributed by atoms with Gasteiger partial charge in [-0.05, 0) is 117 Å². The Labute approximate surface area is 354 Å². The van der Waals surface area contributed by atoms with Crippen LogP contribution in [-0.2, 0) is 0 Å². The average molecular weight is 778 g/mol. The van der Waals surface area contributed by atoms with Gasteiger partial charge in [-0.25, -0.2) is 4.98 Å². The summed E-state index contributed by atoms with van der Waals surface area (Å²) in [5, 5.41) is 7.20. The van der Waals surface area contributed by atoms with Crippen molar-refractivity contribution in [1.29, 1.82) is 0 Å². The topological polar surface area (TPSA) is 30.7 Å². The fraction of sp³-hybridized carbons (Fsp3) is 0.0345. The van der Waals surface area contributed by atoms with Crippen molar-refractivity contribution in [2.75, 3.05) is 0 Å². The summed E-state index contributed by atoms with van der Waals surface area (Å²) in [6, 6.07) is 70.1.